The lowest BCUT2D eigenvalue weighted by molar-refractivity contribution is -0.0498. The molecular weight excluding hydrogens is 513 g/mol. The minimum Gasteiger partial charge on any atom is -0.490 e. The average Bonchev–Trinajstić information content (AvgIpc) is 3.44. The summed E-state index contributed by atoms with van der Waals surface area (Å²) in [6, 6.07) is 13.6. The van der Waals surface area contributed by atoms with Crippen LogP contribution in [-0.2, 0) is 0 Å². The van der Waals surface area contributed by atoms with E-state index in [1.807, 2.05) is 0 Å². The third-order valence-corrected chi connectivity index (χ3v) is 5.57. The molecule has 0 saturated carbocycles. The molecule has 38 heavy (non-hydrogen) atoms. The Balaban J connectivity index is 1.60. The molecule has 0 aliphatic carbocycles. The summed E-state index contributed by atoms with van der Waals surface area (Å²) < 4.78 is 74.5. The van der Waals surface area contributed by atoms with Crippen LogP contribution in [0.3, 0.4) is 0 Å². The first-order valence-corrected chi connectivity index (χ1v) is 11.5. The number of nitrogens with one attached hydrogen (secondary N) is 2. The van der Waals surface area contributed by atoms with Gasteiger partial charge >= 0.3 is 6.61 Å². The first-order valence-electron chi connectivity index (χ1n) is 11.5. The average molecular weight is 535 g/mol. The van der Waals surface area contributed by atoms with Gasteiger partial charge in [0.2, 0.25) is 5.82 Å². The van der Waals surface area contributed by atoms with E-state index >= 15 is 0 Å². The van der Waals surface area contributed by atoms with Gasteiger partial charge in [-0.15, -0.1) is 10.2 Å². The number of H-pyrrole nitrogens is 2. The van der Waals surface area contributed by atoms with Crippen molar-refractivity contribution < 1.29 is 31.4 Å². The number of tetrazole rings is 1. The quantitative estimate of drug-likeness (QED) is 0.239. The highest BCUT2D eigenvalue weighted by Crippen LogP contribution is 2.32. The second-order valence-electron chi connectivity index (χ2n) is 8.14. The van der Waals surface area contributed by atoms with Crippen molar-refractivity contribution in [3.63, 3.8) is 0 Å². The predicted molar refractivity (Wildman–Crippen MR) is 128 cm³/mol. The van der Waals surface area contributed by atoms with E-state index in [4.69, 9.17) is 4.74 Å². The van der Waals surface area contributed by atoms with Crippen LogP contribution < -0.4 is 15.0 Å². The topological polar surface area (TPSA) is 106 Å². The lowest BCUT2D eigenvalue weighted by atomic mass is 9.98. The van der Waals surface area contributed by atoms with Crippen LogP contribution in [-0.4, -0.2) is 57.8 Å². The summed E-state index contributed by atoms with van der Waals surface area (Å²) in [5.41, 5.74) is 1.44. The molecule has 0 radical (unpaired) electrons. The second-order valence-corrected chi connectivity index (χ2v) is 8.14. The smallest absolute Gasteiger partial charge is 0.387 e. The largest absolute Gasteiger partial charge is 0.490 e. The molecule has 4 aromatic rings. The van der Waals surface area contributed by atoms with Crippen molar-refractivity contribution in [1.82, 2.24) is 25.6 Å². The fourth-order valence-electron chi connectivity index (χ4n) is 3.71. The van der Waals surface area contributed by atoms with E-state index in [1.165, 1.54) is 36.4 Å². The van der Waals surface area contributed by atoms with Gasteiger partial charge in [-0.25, -0.2) is 8.78 Å². The molecule has 8 nitrogen and oxygen atoms in total. The minimum absolute atomic E-state index is 0.0305. The van der Waals surface area contributed by atoms with Crippen molar-refractivity contribution in [1.29, 1.82) is 0 Å². The van der Waals surface area contributed by atoms with E-state index in [2.05, 4.69) is 30.3 Å². The summed E-state index contributed by atoms with van der Waals surface area (Å²) in [6.45, 7) is -4.23. The second kappa shape index (κ2) is 12.3. The first kappa shape index (κ1) is 26.8. The minimum atomic E-state index is -2.98. The van der Waals surface area contributed by atoms with Crippen LogP contribution in [0.15, 0.2) is 59.4 Å². The molecule has 200 valence electrons. The molecule has 0 aliphatic rings. The number of nitrogens with zero attached hydrogens (tertiary/aromatic N) is 3. The molecule has 2 unspecified atom stereocenters. The molecule has 2 N–H and O–H groups in total. The number of ether oxygens (including phenoxy) is 2. The zero-order valence-corrected chi connectivity index (χ0v) is 19.7. The Labute approximate surface area is 212 Å². The maximum Gasteiger partial charge on any atom is 0.387 e. The monoisotopic (exact) mass is 535 g/mol. The van der Waals surface area contributed by atoms with Gasteiger partial charge in [0, 0.05) is 11.3 Å². The number of benzene rings is 2. The summed E-state index contributed by atoms with van der Waals surface area (Å²) in [7, 11) is 0. The summed E-state index contributed by atoms with van der Waals surface area (Å²) in [4.78, 5) is 15.8. The molecule has 0 aliphatic heterocycles. The lowest BCUT2D eigenvalue weighted by Gasteiger charge is -2.14. The van der Waals surface area contributed by atoms with Gasteiger partial charge in [0.15, 0.2) is 6.17 Å². The molecule has 13 heteroatoms. The van der Waals surface area contributed by atoms with Gasteiger partial charge in [-0.05, 0) is 71.6 Å². The van der Waals surface area contributed by atoms with Gasteiger partial charge < -0.3 is 14.5 Å². The third-order valence-electron chi connectivity index (χ3n) is 5.57. The molecule has 0 fully saturated rings. The van der Waals surface area contributed by atoms with Crippen LogP contribution in [0.2, 0.25) is 0 Å². The number of aromatic amines is 2. The molecule has 4 rings (SSSR count). The number of alkyl halides is 5. The molecule has 0 bridgehead atoms. The van der Waals surface area contributed by atoms with Crippen LogP contribution in [0.4, 0.5) is 22.0 Å². The van der Waals surface area contributed by atoms with E-state index < -0.39 is 37.8 Å². The van der Waals surface area contributed by atoms with Gasteiger partial charge in [-0.1, -0.05) is 12.1 Å². The fourth-order valence-corrected chi connectivity index (χ4v) is 3.71. The van der Waals surface area contributed by atoms with Gasteiger partial charge in [0.05, 0.1) is 12.2 Å². The van der Waals surface area contributed by atoms with Crippen LogP contribution in [0.5, 0.6) is 11.5 Å². The highest BCUT2D eigenvalue weighted by molar-refractivity contribution is 5.83. The van der Waals surface area contributed by atoms with Crippen molar-refractivity contribution >= 4 is 0 Å². The highest BCUT2D eigenvalue weighted by Gasteiger charge is 2.21. The normalized spacial score (nSPS) is 12.9. The van der Waals surface area contributed by atoms with Gasteiger partial charge in [-0.2, -0.15) is 14.0 Å². The maximum atomic E-state index is 13.9. The molecule has 2 aromatic heterocycles. The van der Waals surface area contributed by atoms with Crippen LogP contribution in [0, 0.1) is 0 Å². The maximum absolute atomic E-state index is 13.9. The molecule has 2 aromatic carbocycles. The molecule has 2 heterocycles. The predicted octanol–water partition coefficient (Wildman–Crippen LogP) is 5.30. The first-order chi connectivity index (χ1) is 18.4. The van der Waals surface area contributed by atoms with Crippen molar-refractivity contribution in [3.8, 4) is 45.3 Å². The Morgan fingerprint density at radius 3 is 2.21 bits per heavy atom. The number of hydrogen-bond donors (Lipinski definition) is 2. The Morgan fingerprint density at radius 2 is 1.58 bits per heavy atom. The Morgan fingerprint density at radius 1 is 0.895 bits per heavy atom. The standard InChI is InChI=1S/C25H22F5N5O3/c26-11-1-2-19(27)20(28)13-37-16-7-5-15(6-8-16)21-12-18(14-3-9-17(10-4-14)38-25(29)30)22(24(36)31-21)23-32-34-35-33-23/h3-10,12,19-20,25H,1-2,11,13H2,(H,31,36)(H,32,33,34,35). The zero-order chi connectivity index (χ0) is 27.1. The lowest BCUT2D eigenvalue weighted by Crippen LogP contribution is -2.24. The van der Waals surface area contributed by atoms with E-state index in [-0.39, 0.29) is 35.7 Å². The Bertz CT molecular complexity index is 1370. The van der Waals surface area contributed by atoms with Gasteiger partial charge in [0.25, 0.3) is 5.56 Å². The SMILES string of the molecule is O=c1[nH]c(-c2ccc(OCC(F)C(F)CCCF)cc2)cc(-c2ccc(OC(F)F)cc2)c1-c1nn[nH]n1. The number of hydrogen-bond acceptors (Lipinski definition) is 6. The molecule has 0 amide bonds. The van der Waals surface area contributed by atoms with Crippen molar-refractivity contribution in [2.75, 3.05) is 13.3 Å². The van der Waals surface area contributed by atoms with Gasteiger partial charge in [-0.3, -0.25) is 9.18 Å². The van der Waals surface area contributed by atoms with E-state index in [0.717, 1.165) is 0 Å². The number of pyridine rings is 1. The van der Waals surface area contributed by atoms with Gasteiger partial charge in [0.1, 0.15) is 24.3 Å². The molecule has 0 saturated heterocycles. The summed E-state index contributed by atoms with van der Waals surface area (Å²) >= 11 is 0. The van der Waals surface area contributed by atoms with E-state index in [1.54, 1.807) is 18.2 Å². The number of halogens is 5. The summed E-state index contributed by atoms with van der Waals surface area (Å²) in [5, 5.41) is 13.5. The van der Waals surface area contributed by atoms with Crippen molar-refractivity contribution in [2.45, 2.75) is 31.8 Å². The molecule has 2 atom stereocenters. The van der Waals surface area contributed by atoms with Crippen LogP contribution in [0.1, 0.15) is 12.8 Å². The van der Waals surface area contributed by atoms with E-state index in [9.17, 15) is 26.7 Å². The molecular formula is C25H22F5N5O3. The zero-order valence-electron chi connectivity index (χ0n) is 19.7. The highest BCUT2D eigenvalue weighted by atomic mass is 19.3. The fraction of sp³-hybridized carbons (Fsp3) is 0.280. The number of aromatic nitrogens is 5. The summed E-state index contributed by atoms with van der Waals surface area (Å²) in [6.07, 6.45) is -4.00. The third kappa shape index (κ3) is 6.52. The van der Waals surface area contributed by atoms with E-state index in [0.29, 0.717) is 22.4 Å². The molecule has 0 spiro atoms. The Hall–Kier alpha value is -4.29. The Kier molecular flexibility index (Phi) is 8.66. The summed E-state index contributed by atoms with van der Waals surface area (Å²) in [5.74, 6) is 0.250. The van der Waals surface area contributed by atoms with Crippen molar-refractivity contribution in [3.05, 3.63) is 65.0 Å². The number of rotatable bonds is 12. The van der Waals surface area contributed by atoms with Crippen LogP contribution in [0.25, 0.3) is 33.8 Å². The van der Waals surface area contributed by atoms with Crippen molar-refractivity contribution in [2.24, 2.45) is 0 Å². The van der Waals surface area contributed by atoms with Crippen LogP contribution >= 0.6 is 0 Å².